The highest BCUT2D eigenvalue weighted by atomic mass is 16.5. The lowest BCUT2D eigenvalue weighted by Crippen LogP contribution is -2.44. The molecular weight excluding hydrogens is 284 g/mol. The second kappa shape index (κ2) is 7.79. The van der Waals surface area contributed by atoms with E-state index in [1.54, 1.807) is 7.11 Å². The monoisotopic (exact) mass is 306 g/mol. The van der Waals surface area contributed by atoms with Gasteiger partial charge in [0.15, 0.2) is 0 Å². The van der Waals surface area contributed by atoms with Crippen LogP contribution in [0.1, 0.15) is 18.4 Å². The van der Waals surface area contributed by atoms with Gasteiger partial charge in [-0.15, -0.1) is 0 Å². The highest BCUT2D eigenvalue weighted by Gasteiger charge is 2.26. The zero-order valence-corrected chi connectivity index (χ0v) is 12.7. The van der Waals surface area contributed by atoms with Crippen molar-refractivity contribution in [2.75, 3.05) is 26.7 Å². The largest absolute Gasteiger partial charge is 0.497 e. The number of hydrogen-bond donors (Lipinski definition) is 2. The predicted molar refractivity (Wildman–Crippen MR) is 81.6 cm³/mol. The molecule has 1 fully saturated rings. The SMILES string of the molecule is COc1cccc(CNC(=O)CN2CCCC(C(=O)O)C2)c1. The molecule has 6 heteroatoms. The molecule has 1 aliphatic rings. The maximum absolute atomic E-state index is 12.0. The number of piperidine rings is 1. The van der Waals surface area contributed by atoms with Crippen LogP contribution in [0, 0.1) is 5.92 Å². The molecule has 1 heterocycles. The Balaban J connectivity index is 1.79. The fourth-order valence-corrected chi connectivity index (χ4v) is 2.64. The first-order valence-corrected chi connectivity index (χ1v) is 7.43. The second-order valence-electron chi connectivity index (χ2n) is 5.54. The summed E-state index contributed by atoms with van der Waals surface area (Å²) in [5, 5.41) is 11.9. The van der Waals surface area contributed by atoms with Crippen molar-refractivity contribution in [3.8, 4) is 5.75 Å². The van der Waals surface area contributed by atoms with Crippen LogP contribution in [0.4, 0.5) is 0 Å². The van der Waals surface area contributed by atoms with Gasteiger partial charge in [0, 0.05) is 13.1 Å². The number of methoxy groups -OCH3 is 1. The molecule has 0 aliphatic carbocycles. The van der Waals surface area contributed by atoms with Gasteiger partial charge in [0.1, 0.15) is 5.75 Å². The van der Waals surface area contributed by atoms with Crippen molar-refractivity contribution in [1.82, 2.24) is 10.2 Å². The Morgan fingerprint density at radius 1 is 1.45 bits per heavy atom. The minimum Gasteiger partial charge on any atom is -0.497 e. The zero-order valence-electron chi connectivity index (χ0n) is 12.7. The quantitative estimate of drug-likeness (QED) is 0.823. The van der Waals surface area contributed by atoms with Gasteiger partial charge in [0.25, 0.3) is 0 Å². The molecule has 0 radical (unpaired) electrons. The number of rotatable bonds is 6. The van der Waals surface area contributed by atoms with E-state index in [4.69, 9.17) is 9.84 Å². The second-order valence-corrected chi connectivity index (χ2v) is 5.54. The molecule has 1 unspecified atom stereocenters. The van der Waals surface area contributed by atoms with E-state index in [0.717, 1.165) is 24.3 Å². The number of carbonyl (C=O) groups excluding carboxylic acids is 1. The summed E-state index contributed by atoms with van der Waals surface area (Å²) < 4.78 is 5.14. The predicted octanol–water partition coefficient (Wildman–Crippen LogP) is 1.11. The molecule has 0 saturated carbocycles. The number of nitrogens with zero attached hydrogens (tertiary/aromatic N) is 1. The summed E-state index contributed by atoms with van der Waals surface area (Å²) in [6, 6.07) is 7.53. The Hall–Kier alpha value is -2.08. The number of carbonyl (C=O) groups is 2. The summed E-state index contributed by atoms with van der Waals surface area (Å²) in [4.78, 5) is 24.9. The normalized spacial score (nSPS) is 18.7. The van der Waals surface area contributed by atoms with E-state index in [9.17, 15) is 9.59 Å². The molecule has 1 amide bonds. The summed E-state index contributed by atoms with van der Waals surface area (Å²) in [5.41, 5.74) is 0.967. The first kappa shape index (κ1) is 16.3. The van der Waals surface area contributed by atoms with Crippen molar-refractivity contribution in [3.05, 3.63) is 29.8 Å². The number of amides is 1. The lowest BCUT2D eigenvalue weighted by atomic mass is 9.98. The van der Waals surface area contributed by atoms with Gasteiger partial charge in [0.05, 0.1) is 19.6 Å². The number of benzene rings is 1. The lowest BCUT2D eigenvalue weighted by Gasteiger charge is -2.29. The third kappa shape index (κ3) is 4.73. The maximum atomic E-state index is 12.0. The van der Waals surface area contributed by atoms with E-state index in [-0.39, 0.29) is 18.4 Å². The van der Waals surface area contributed by atoms with E-state index >= 15 is 0 Å². The fourth-order valence-electron chi connectivity index (χ4n) is 2.64. The molecule has 6 nitrogen and oxygen atoms in total. The number of hydrogen-bond acceptors (Lipinski definition) is 4. The van der Waals surface area contributed by atoms with E-state index in [0.29, 0.717) is 19.5 Å². The molecule has 0 aromatic heterocycles. The van der Waals surface area contributed by atoms with Crippen molar-refractivity contribution in [3.63, 3.8) is 0 Å². The topological polar surface area (TPSA) is 78.9 Å². The van der Waals surface area contributed by atoms with Crippen LogP contribution in [0.25, 0.3) is 0 Å². The van der Waals surface area contributed by atoms with Crippen LogP contribution in [-0.4, -0.2) is 48.6 Å². The van der Waals surface area contributed by atoms with Gasteiger partial charge in [-0.05, 0) is 37.1 Å². The van der Waals surface area contributed by atoms with Gasteiger partial charge < -0.3 is 15.2 Å². The van der Waals surface area contributed by atoms with Crippen molar-refractivity contribution >= 4 is 11.9 Å². The first-order chi connectivity index (χ1) is 10.6. The summed E-state index contributed by atoms with van der Waals surface area (Å²) in [5.74, 6) is -0.470. The molecule has 2 N–H and O–H groups in total. The van der Waals surface area contributed by atoms with Crippen molar-refractivity contribution in [2.24, 2.45) is 5.92 Å². The molecule has 1 aromatic rings. The zero-order chi connectivity index (χ0) is 15.9. The van der Waals surface area contributed by atoms with E-state index in [1.165, 1.54) is 0 Å². The summed E-state index contributed by atoms with van der Waals surface area (Å²) in [6.07, 6.45) is 1.51. The van der Waals surface area contributed by atoms with E-state index in [1.807, 2.05) is 29.2 Å². The van der Waals surface area contributed by atoms with Gasteiger partial charge in [-0.2, -0.15) is 0 Å². The third-order valence-corrected chi connectivity index (χ3v) is 3.85. The molecule has 0 spiro atoms. The summed E-state index contributed by atoms with van der Waals surface area (Å²) >= 11 is 0. The van der Waals surface area contributed by atoms with E-state index in [2.05, 4.69) is 5.32 Å². The van der Waals surface area contributed by atoms with Crippen LogP contribution < -0.4 is 10.1 Å². The maximum Gasteiger partial charge on any atom is 0.307 e. The average Bonchev–Trinajstić information content (AvgIpc) is 2.53. The number of aliphatic carboxylic acids is 1. The molecule has 22 heavy (non-hydrogen) atoms. The Morgan fingerprint density at radius 2 is 2.27 bits per heavy atom. The Bertz CT molecular complexity index is 533. The molecule has 1 saturated heterocycles. The third-order valence-electron chi connectivity index (χ3n) is 3.85. The molecular formula is C16H22N2O4. The number of ether oxygens (including phenoxy) is 1. The molecule has 2 rings (SSSR count). The summed E-state index contributed by atoms with van der Waals surface area (Å²) in [6.45, 7) is 1.90. The van der Waals surface area contributed by atoms with Gasteiger partial charge in [-0.25, -0.2) is 0 Å². The first-order valence-electron chi connectivity index (χ1n) is 7.43. The van der Waals surface area contributed by atoms with Crippen LogP contribution >= 0.6 is 0 Å². The van der Waals surface area contributed by atoms with Crippen LogP contribution in [0.2, 0.25) is 0 Å². The van der Waals surface area contributed by atoms with Gasteiger partial charge in [0.2, 0.25) is 5.91 Å². The van der Waals surface area contributed by atoms with Crippen molar-refractivity contribution in [1.29, 1.82) is 0 Å². The molecule has 1 atom stereocenters. The minimum atomic E-state index is -0.776. The Kier molecular flexibility index (Phi) is 5.77. The molecule has 1 aliphatic heterocycles. The Labute approximate surface area is 130 Å². The van der Waals surface area contributed by atoms with Gasteiger partial charge in [-0.3, -0.25) is 14.5 Å². The lowest BCUT2D eigenvalue weighted by molar-refractivity contribution is -0.144. The number of likely N-dealkylation sites (tertiary alicyclic amines) is 1. The highest BCUT2D eigenvalue weighted by Crippen LogP contribution is 2.16. The molecule has 0 bridgehead atoms. The average molecular weight is 306 g/mol. The minimum absolute atomic E-state index is 0.0890. The number of carboxylic acids is 1. The van der Waals surface area contributed by atoms with Crippen LogP contribution in [-0.2, 0) is 16.1 Å². The van der Waals surface area contributed by atoms with Crippen LogP contribution in [0.5, 0.6) is 5.75 Å². The van der Waals surface area contributed by atoms with Gasteiger partial charge >= 0.3 is 5.97 Å². The fraction of sp³-hybridized carbons (Fsp3) is 0.500. The number of nitrogens with one attached hydrogen (secondary N) is 1. The summed E-state index contributed by atoms with van der Waals surface area (Å²) in [7, 11) is 1.60. The molecule has 1 aromatic carbocycles. The number of carboxylic acid groups (broad SMARTS) is 1. The van der Waals surface area contributed by atoms with Crippen molar-refractivity contribution < 1.29 is 19.4 Å². The standard InChI is InChI=1S/C16H22N2O4/c1-22-14-6-2-4-12(8-14)9-17-15(19)11-18-7-3-5-13(10-18)16(20)21/h2,4,6,8,13H,3,5,7,9-11H2,1H3,(H,17,19)(H,20,21). The van der Waals surface area contributed by atoms with Crippen LogP contribution in [0.3, 0.4) is 0 Å². The van der Waals surface area contributed by atoms with Crippen LogP contribution in [0.15, 0.2) is 24.3 Å². The highest BCUT2D eigenvalue weighted by molar-refractivity contribution is 5.78. The smallest absolute Gasteiger partial charge is 0.307 e. The van der Waals surface area contributed by atoms with E-state index < -0.39 is 5.97 Å². The van der Waals surface area contributed by atoms with Crippen molar-refractivity contribution in [2.45, 2.75) is 19.4 Å². The Morgan fingerprint density at radius 3 is 3.00 bits per heavy atom. The molecule has 120 valence electrons. The van der Waals surface area contributed by atoms with Gasteiger partial charge in [-0.1, -0.05) is 12.1 Å².